The minimum Gasteiger partial charge on any atom is -0.494 e. The second-order valence-electron chi connectivity index (χ2n) is 6.36. The third kappa shape index (κ3) is 5.22. The van der Waals surface area contributed by atoms with Gasteiger partial charge in [0.05, 0.1) is 6.61 Å². The molecule has 0 atom stereocenters. The van der Waals surface area contributed by atoms with Crippen LogP contribution >= 0.6 is 0 Å². The SMILES string of the molecule is CC(C)(N)CCOc1ccc(C(C)(C)C)cc1. The lowest BCUT2D eigenvalue weighted by Crippen LogP contribution is -2.33. The molecule has 0 radical (unpaired) electrons. The molecule has 1 aromatic carbocycles. The molecule has 1 aromatic rings. The van der Waals surface area contributed by atoms with E-state index in [2.05, 4.69) is 32.9 Å². The van der Waals surface area contributed by atoms with Gasteiger partial charge in [0, 0.05) is 5.54 Å². The first-order valence-corrected chi connectivity index (χ1v) is 6.21. The average molecular weight is 235 g/mol. The van der Waals surface area contributed by atoms with Crippen LogP contribution in [0.1, 0.15) is 46.6 Å². The van der Waals surface area contributed by atoms with Gasteiger partial charge in [-0.1, -0.05) is 32.9 Å². The van der Waals surface area contributed by atoms with E-state index in [-0.39, 0.29) is 11.0 Å². The maximum atomic E-state index is 5.90. The summed E-state index contributed by atoms with van der Waals surface area (Å²) in [5.74, 6) is 0.919. The zero-order valence-electron chi connectivity index (χ0n) is 11.7. The molecule has 1 rings (SSSR count). The van der Waals surface area contributed by atoms with Crippen LogP contribution in [0.25, 0.3) is 0 Å². The molecular formula is C15H25NO. The summed E-state index contributed by atoms with van der Waals surface area (Å²) in [5, 5.41) is 0. The molecule has 0 saturated carbocycles. The standard InChI is InChI=1S/C15H25NO/c1-14(2,3)12-6-8-13(9-7-12)17-11-10-15(4,5)16/h6-9H,10-11,16H2,1-5H3. The van der Waals surface area contributed by atoms with Crippen molar-refractivity contribution in [3.8, 4) is 5.75 Å². The van der Waals surface area contributed by atoms with E-state index >= 15 is 0 Å². The molecule has 0 aliphatic rings. The van der Waals surface area contributed by atoms with E-state index in [1.165, 1.54) is 5.56 Å². The summed E-state index contributed by atoms with van der Waals surface area (Å²) >= 11 is 0. The van der Waals surface area contributed by atoms with Crippen LogP contribution in [0, 0.1) is 0 Å². The van der Waals surface area contributed by atoms with Crippen molar-refractivity contribution in [3.63, 3.8) is 0 Å². The summed E-state index contributed by atoms with van der Waals surface area (Å²) in [6, 6.07) is 8.32. The Morgan fingerprint density at radius 1 is 1.00 bits per heavy atom. The highest BCUT2D eigenvalue weighted by atomic mass is 16.5. The Kier molecular flexibility index (Phi) is 4.21. The predicted octanol–water partition coefficient (Wildman–Crippen LogP) is 3.49. The number of rotatable bonds is 4. The number of hydrogen-bond donors (Lipinski definition) is 1. The molecule has 0 heterocycles. The van der Waals surface area contributed by atoms with Crippen LogP contribution in [-0.4, -0.2) is 12.1 Å². The summed E-state index contributed by atoms with van der Waals surface area (Å²) in [4.78, 5) is 0. The van der Waals surface area contributed by atoms with Crippen molar-refractivity contribution in [1.29, 1.82) is 0 Å². The minimum atomic E-state index is -0.161. The molecule has 0 aliphatic carbocycles. The molecule has 96 valence electrons. The molecule has 0 spiro atoms. The first kappa shape index (κ1) is 14.0. The topological polar surface area (TPSA) is 35.2 Å². The molecular weight excluding hydrogens is 210 g/mol. The zero-order chi connectivity index (χ0) is 13.1. The highest BCUT2D eigenvalue weighted by Crippen LogP contribution is 2.24. The minimum absolute atomic E-state index is 0.161. The molecule has 0 saturated heterocycles. The monoisotopic (exact) mass is 235 g/mol. The summed E-state index contributed by atoms with van der Waals surface area (Å²) in [6.07, 6.45) is 0.855. The zero-order valence-corrected chi connectivity index (χ0v) is 11.7. The number of hydrogen-bond acceptors (Lipinski definition) is 2. The molecule has 0 aromatic heterocycles. The smallest absolute Gasteiger partial charge is 0.119 e. The van der Waals surface area contributed by atoms with Gasteiger partial charge in [0.1, 0.15) is 5.75 Å². The quantitative estimate of drug-likeness (QED) is 0.867. The van der Waals surface area contributed by atoms with E-state index in [4.69, 9.17) is 10.5 Å². The van der Waals surface area contributed by atoms with Crippen molar-refractivity contribution in [2.45, 2.75) is 52.0 Å². The van der Waals surface area contributed by atoms with Crippen molar-refractivity contribution < 1.29 is 4.74 Å². The average Bonchev–Trinajstić information content (AvgIpc) is 2.15. The molecule has 0 bridgehead atoms. The summed E-state index contributed by atoms with van der Waals surface area (Å²) in [7, 11) is 0. The van der Waals surface area contributed by atoms with Gasteiger partial charge in [-0.05, 0) is 43.4 Å². The molecule has 0 amide bonds. The van der Waals surface area contributed by atoms with Gasteiger partial charge in [-0.2, -0.15) is 0 Å². The Labute approximate surface area is 105 Å². The highest BCUT2D eigenvalue weighted by Gasteiger charge is 2.13. The van der Waals surface area contributed by atoms with Gasteiger partial charge in [0.2, 0.25) is 0 Å². The summed E-state index contributed by atoms with van der Waals surface area (Å²) in [6.45, 7) is 11.3. The van der Waals surface area contributed by atoms with Gasteiger partial charge < -0.3 is 10.5 Å². The van der Waals surface area contributed by atoms with E-state index in [9.17, 15) is 0 Å². The molecule has 2 heteroatoms. The summed E-state index contributed by atoms with van der Waals surface area (Å²) < 4.78 is 5.67. The first-order valence-electron chi connectivity index (χ1n) is 6.21. The number of nitrogens with two attached hydrogens (primary N) is 1. The van der Waals surface area contributed by atoms with Gasteiger partial charge in [0.25, 0.3) is 0 Å². The van der Waals surface area contributed by atoms with Gasteiger partial charge >= 0.3 is 0 Å². The third-order valence-electron chi connectivity index (χ3n) is 2.74. The predicted molar refractivity (Wildman–Crippen MR) is 73.5 cm³/mol. The highest BCUT2D eigenvalue weighted by molar-refractivity contribution is 5.31. The van der Waals surface area contributed by atoms with E-state index in [0.29, 0.717) is 6.61 Å². The van der Waals surface area contributed by atoms with Gasteiger partial charge in [-0.15, -0.1) is 0 Å². The largest absolute Gasteiger partial charge is 0.494 e. The Balaban J connectivity index is 2.52. The van der Waals surface area contributed by atoms with Crippen LogP contribution in [0.5, 0.6) is 5.75 Å². The number of ether oxygens (including phenoxy) is 1. The second-order valence-corrected chi connectivity index (χ2v) is 6.36. The van der Waals surface area contributed by atoms with E-state index in [0.717, 1.165) is 12.2 Å². The lowest BCUT2D eigenvalue weighted by molar-refractivity contribution is 0.274. The molecule has 0 aliphatic heterocycles. The van der Waals surface area contributed by atoms with Crippen LogP contribution in [0.15, 0.2) is 24.3 Å². The van der Waals surface area contributed by atoms with Crippen LogP contribution in [-0.2, 0) is 5.41 Å². The van der Waals surface area contributed by atoms with E-state index < -0.39 is 0 Å². The fourth-order valence-electron chi connectivity index (χ4n) is 1.48. The molecule has 2 nitrogen and oxygen atoms in total. The maximum Gasteiger partial charge on any atom is 0.119 e. The van der Waals surface area contributed by atoms with Gasteiger partial charge in [0.15, 0.2) is 0 Å². The summed E-state index contributed by atoms with van der Waals surface area (Å²) in [5.41, 5.74) is 7.25. The lowest BCUT2D eigenvalue weighted by Gasteiger charge is -2.20. The molecule has 0 fully saturated rings. The van der Waals surface area contributed by atoms with Crippen molar-refractivity contribution >= 4 is 0 Å². The van der Waals surface area contributed by atoms with Crippen molar-refractivity contribution in [2.75, 3.05) is 6.61 Å². The molecule has 2 N–H and O–H groups in total. The third-order valence-corrected chi connectivity index (χ3v) is 2.74. The Hall–Kier alpha value is -1.02. The Morgan fingerprint density at radius 2 is 1.53 bits per heavy atom. The van der Waals surface area contributed by atoms with Crippen molar-refractivity contribution in [3.05, 3.63) is 29.8 Å². The van der Waals surface area contributed by atoms with Crippen LogP contribution in [0.4, 0.5) is 0 Å². The Bertz CT molecular complexity index is 341. The van der Waals surface area contributed by atoms with Crippen molar-refractivity contribution in [1.82, 2.24) is 0 Å². The van der Waals surface area contributed by atoms with Gasteiger partial charge in [-0.3, -0.25) is 0 Å². The normalized spacial score (nSPS) is 12.6. The fraction of sp³-hybridized carbons (Fsp3) is 0.600. The second kappa shape index (κ2) is 5.09. The number of benzene rings is 1. The van der Waals surface area contributed by atoms with Crippen LogP contribution in [0.2, 0.25) is 0 Å². The Morgan fingerprint density at radius 3 is 1.94 bits per heavy atom. The first-order chi connectivity index (χ1) is 7.68. The molecule has 17 heavy (non-hydrogen) atoms. The maximum absolute atomic E-state index is 5.90. The lowest BCUT2D eigenvalue weighted by atomic mass is 9.87. The molecule has 0 unspecified atom stereocenters. The van der Waals surface area contributed by atoms with Crippen LogP contribution < -0.4 is 10.5 Å². The van der Waals surface area contributed by atoms with E-state index in [1.54, 1.807) is 0 Å². The van der Waals surface area contributed by atoms with E-state index in [1.807, 2.05) is 26.0 Å². The fourth-order valence-corrected chi connectivity index (χ4v) is 1.48. The van der Waals surface area contributed by atoms with Crippen LogP contribution in [0.3, 0.4) is 0 Å². The van der Waals surface area contributed by atoms with Gasteiger partial charge in [-0.25, -0.2) is 0 Å². The van der Waals surface area contributed by atoms with Crippen molar-refractivity contribution in [2.24, 2.45) is 5.73 Å².